The molecule has 0 saturated carbocycles. The molecule has 2 heterocycles. The van der Waals surface area contributed by atoms with E-state index in [9.17, 15) is 4.79 Å². The number of aromatic nitrogens is 4. The molecule has 1 amide bonds. The summed E-state index contributed by atoms with van der Waals surface area (Å²) in [7, 11) is 0. The minimum Gasteiger partial charge on any atom is -0.369 e. The average Bonchev–Trinajstić information content (AvgIpc) is 3.15. The Balaban J connectivity index is 1.91. The normalized spacial score (nSPS) is 12.1. The van der Waals surface area contributed by atoms with Crippen LogP contribution in [-0.4, -0.2) is 30.9 Å². The molecular weight excluding hydrogens is 406 g/mol. The SMILES string of the molecule is C=CCn1c(SC(C)C(N)=O)nnc1-c1cc(-c2ccc(C)cc2)nc2ccccc12. The van der Waals surface area contributed by atoms with Gasteiger partial charge < -0.3 is 5.73 Å². The van der Waals surface area contributed by atoms with Gasteiger partial charge in [0.05, 0.1) is 16.5 Å². The fourth-order valence-electron chi connectivity index (χ4n) is 3.32. The van der Waals surface area contributed by atoms with Crippen LogP contribution in [-0.2, 0) is 11.3 Å². The van der Waals surface area contributed by atoms with Crippen molar-refractivity contribution >= 4 is 28.6 Å². The Morgan fingerprint density at radius 3 is 2.65 bits per heavy atom. The second kappa shape index (κ2) is 8.73. The van der Waals surface area contributed by atoms with Gasteiger partial charge in [-0.05, 0) is 26.0 Å². The minimum absolute atomic E-state index is 0.393. The van der Waals surface area contributed by atoms with Gasteiger partial charge in [-0.25, -0.2) is 4.98 Å². The van der Waals surface area contributed by atoms with Gasteiger partial charge in [0.15, 0.2) is 11.0 Å². The highest BCUT2D eigenvalue weighted by Crippen LogP contribution is 2.33. The number of aryl methyl sites for hydroxylation is 1. The molecule has 0 fully saturated rings. The van der Waals surface area contributed by atoms with Crippen molar-refractivity contribution in [1.82, 2.24) is 19.7 Å². The lowest BCUT2D eigenvalue weighted by Gasteiger charge is -2.13. The molecule has 31 heavy (non-hydrogen) atoms. The molecular formula is C24H23N5OS. The number of benzene rings is 2. The maximum atomic E-state index is 11.6. The number of carbonyl (C=O) groups excluding carboxylic acids is 1. The van der Waals surface area contributed by atoms with E-state index >= 15 is 0 Å². The summed E-state index contributed by atoms with van der Waals surface area (Å²) in [5.41, 5.74) is 10.3. The van der Waals surface area contributed by atoms with E-state index in [2.05, 4.69) is 48.0 Å². The van der Waals surface area contributed by atoms with Crippen LogP contribution >= 0.6 is 11.8 Å². The zero-order valence-corrected chi connectivity index (χ0v) is 18.3. The molecule has 4 rings (SSSR count). The van der Waals surface area contributed by atoms with E-state index < -0.39 is 11.2 Å². The molecule has 2 N–H and O–H groups in total. The van der Waals surface area contributed by atoms with Crippen LogP contribution < -0.4 is 5.73 Å². The number of nitrogens with two attached hydrogens (primary N) is 1. The van der Waals surface area contributed by atoms with Crippen molar-refractivity contribution in [2.75, 3.05) is 0 Å². The van der Waals surface area contributed by atoms with Gasteiger partial charge in [0.25, 0.3) is 0 Å². The fraction of sp³-hybridized carbons (Fsp3) is 0.167. The summed E-state index contributed by atoms with van der Waals surface area (Å²) in [6.45, 7) is 8.20. The molecule has 2 aromatic heterocycles. The van der Waals surface area contributed by atoms with Gasteiger partial charge in [0, 0.05) is 23.1 Å². The van der Waals surface area contributed by atoms with Gasteiger partial charge in [-0.3, -0.25) is 9.36 Å². The van der Waals surface area contributed by atoms with Crippen molar-refractivity contribution in [2.45, 2.75) is 30.8 Å². The van der Waals surface area contributed by atoms with E-state index in [0.717, 1.165) is 27.7 Å². The number of allylic oxidation sites excluding steroid dienone is 1. The predicted molar refractivity (Wildman–Crippen MR) is 126 cm³/mol. The summed E-state index contributed by atoms with van der Waals surface area (Å²) < 4.78 is 1.96. The van der Waals surface area contributed by atoms with Crippen LogP contribution in [0.1, 0.15) is 12.5 Å². The number of para-hydroxylation sites is 1. The first-order valence-corrected chi connectivity index (χ1v) is 10.8. The molecule has 0 saturated heterocycles. The van der Waals surface area contributed by atoms with Crippen molar-refractivity contribution < 1.29 is 4.79 Å². The van der Waals surface area contributed by atoms with Crippen LogP contribution in [0.15, 0.2) is 72.4 Å². The van der Waals surface area contributed by atoms with Gasteiger partial charge in [-0.2, -0.15) is 0 Å². The topological polar surface area (TPSA) is 86.7 Å². The van der Waals surface area contributed by atoms with E-state index in [4.69, 9.17) is 10.7 Å². The molecule has 0 spiro atoms. The quantitative estimate of drug-likeness (QED) is 0.342. The first-order valence-electron chi connectivity index (χ1n) is 9.95. The largest absolute Gasteiger partial charge is 0.369 e. The predicted octanol–water partition coefficient (Wildman–Crippen LogP) is 4.62. The maximum Gasteiger partial charge on any atom is 0.230 e. The molecule has 2 aromatic carbocycles. The van der Waals surface area contributed by atoms with Gasteiger partial charge in [-0.1, -0.05) is 65.9 Å². The zero-order chi connectivity index (χ0) is 22.0. The van der Waals surface area contributed by atoms with Crippen LogP contribution in [0.3, 0.4) is 0 Å². The molecule has 0 bridgehead atoms. The van der Waals surface area contributed by atoms with Crippen molar-refractivity contribution in [3.05, 3.63) is 72.8 Å². The number of amides is 1. The molecule has 1 unspecified atom stereocenters. The minimum atomic E-state index is -0.419. The Hall–Kier alpha value is -3.45. The highest BCUT2D eigenvalue weighted by Gasteiger charge is 2.21. The second-order valence-electron chi connectivity index (χ2n) is 7.31. The van der Waals surface area contributed by atoms with Gasteiger partial charge in [0.1, 0.15) is 0 Å². The molecule has 0 aliphatic rings. The van der Waals surface area contributed by atoms with Crippen molar-refractivity contribution in [1.29, 1.82) is 0 Å². The highest BCUT2D eigenvalue weighted by molar-refractivity contribution is 8.00. The Bertz CT molecular complexity index is 1260. The number of pyridine rings is 1. The average molecular weight is 430 g/mol. The van der Waals surface area contributed by atoms with E-state index in [1.54, 1.807) is 13.0 Å². The van der Waals surface area contributed by atoms with Crippen LogP contribution in [0, 0.1) is 6.92 Å². The smallest absolute Gasteiger partial charge is 0.230 e. The number of nitrogens with zero attached hydrogens (tertiary/aromatic N) is 4. The molecule has 0 radical (unpaired) electrons. The van der Waals surface area contributed by atoms with Crippen LogP contribution in [0.5, 0.6) is 0 Å². The van der Waals surface area contributed by atoms with E-state index in [1.165, 1.54) is 17.3 Å². The molecule has 4 aromatic rings. The number of thioether (sulfide) groups is 1. The van der Waals surface area contributed by atoms with E-state index in [-0.39, 0.29) is 0 Å². The van der Waals surface area contributed by atoms with E-state index in [0.29, 0.717) is 17.5 Å². The van der Waals surface area contributed by atoms with Crippen LogP contribution in [0.25, 0.3) is 33.5 Å². The molecule has 156 valence electrons. The highest BCUT2D eigenvalue weighted by atomic mass is 32.2. The summed E-state index contributed by atoms with van der Waals surface area (Å²) in [5.74, 6) is 0.307. The van der Waals surface area contributed by atoms with Crippen molar-refractivity contribution in [3.63, 3.8) is 0 Å². The molecule has 1 atom stereocenters. The summed E-state index contributed by atoms with van der Waals surface area (Å²) >= 11 is 1.29. The number of rotatable bonds is 7. The van der Waals surface area contributed by atoms with Crippen molar-refractivity contribution in [3.8, 4) is 22.6 Å². The molecule has 7 heteroatoms. The Kier molecular flexibility index (Phi) is 5.86. The van der Waals surface area contributed by atoms with Crippen LogP contribution in [0.2, 0.25) is 0 Å². The third-order valence-electron chi connectivity index (χ3n) is 5.02. The monoisotopic (exact) mass is 429 g/mol. The number of fused-ring (bicyclic) bond motifs is 1. The van der Waals surface area contributed by atoms with Gasteiger partial charge in [0.2, 0.25) is 5.91 Å². The third kappa shape index (κ3) is 4.22. The number of hydrogen-bond donors (Lipinski definition) is 1. The lowest BCUT2D eigenvalue weighted by molar-refractivity contribution is -0.117. The second-order valence-corrected chi connectivity index (χ2v) is 8.61. The number of carbonyl (C=O) groups is 1. The summed E-state index contributed by atoms with van der Waals surface area (Å²) in [6.07, 6.45) is 1.79. The van der Waals surface area contributed by atoms with Crippen molar-refractivity contribution in [2.24, 2.45) is 5.73 Å². The van der Waals surface area contributed by atoms with Crippen LogP contribution in [0.4, 0.5) is 0 Å². The summed E-state index contributed by atoms with van der Waals surface area (Å²) in [4.78, 5) is 16.4. The first kappa shape index (κ1) is 20.8. The molecule has 6 nitrogen and oxygen atoms in total. The Morgan fingerprint density at radius 1 is 1.19 bits per heavy atom. The molecule has 0 aliphatic carbocycles. The summed E-state index contributed by atoms with van der Waals surface area (Å²) in [6, 6.07) is 18.3. The van der Waals surface area contributed by atoms with Gasteiger partial charge >= 0.3 is 0 Å². The van der Waals surface area contributed by atoms with E-state index in [1.807, 2.05) is 34.9 Å². The standard InChI is InChI=1S/C24H23N5OS/c1-4-13-29-23(27-28-24(29)31-16(3)22(25)30)19-14-21(17-11-9-15(2)10-12-17)26-20-8-6-5-7-18(19)20/h4-12,14,16H,1,13H2,2-3H3,(H2,25,30). The Labute approximate surface area is 185 Å². The van der Waals surface area contributed by atoms with Gasteiger partial charge in [-0.15, -0.1) is 16.8 Å². The maximum absolute atomic E-state index is 11.6. The summed E-state index contributed by atoms with van der Waals surface area (Å²) in [5, 5.41) is 10.0. The number of hydrogen-bond acceptors (Lipinski definition) is 5. The zero-order valence-electron chi connectivity index (χ0n) is 17.4. The number of primary amides is 1. The fourth-order valence-corrected chi connectivity index (χ4v) is 4.13. The third-order valence-corrected chi connectivity index (χ3v) is 6.11. The lowest BCUT2D eigenvalue weighted by Crippen LogP contribution is -2.23. The first-order chi connectivity index (χ1) is 15.0. The Morgan fingerprint density at radius 2 is 1.94 bits per heavy atom. The lowest BCUT2D eigenvalue weighted by atomic mass is 10.0. The molecule has 0 aliphatic heterocycles.